The molecular formula is C22H25N3S2. The minimum absolute atomic E-state index is 0.0882. The van der Waals surface area contributed by atoms with Gasteiger partial charge in [0.05, 0.1) is 20.6 Å². The molecule has 5 heteroatoms. The second-order valence-corrected chi connectivity index (χ2v) is 10.4. The highest BCUT2D eigenvalue weighted by molar-refractivity contribution is 8.01. The molecule has 1 aromatic heterocycles. The summed E-state index contributed by atoms with van der Waals surface area (Å²) in [6, 6.07) is 14.2. The highest BCUT2D eigenvalue weighted by atomic mass is 32.2. The highest BCUT2D eigenvalue weighted by Crippen LogP contribution is 2.48. The zero-order chi connectivity index (χ0) is 18.4. The summed E-state index contributed by atoms with van der Waals surface area (Å²) >= 11 is 3.69. The second-order valence-electron chi connectivity index (χ2n) is 7.98. The summed E-state index contributed by atoms with van der Waals surface area (Å²) in [4.78, 5) is 8.49. The van der Waals surface area contributed by atoms with Gasteiger partial charge in [0, 0.05) is 23.2 Å². The lowest BCUT2D eigenvalue weighted by atomic mass is 10.0. The first-order valence-electron chi connectivity index (χ1n) is 9.79. The van der Waals surface area contributed by atoms with Crippen LogP contribution in [0.5, 0.6) is 0 Å². The Morgan fingerprint density at radius 3 is 2.93 bits per heavy atom. The lowest BCUT2D eigenvalue weighted by molar-refractivity contribution is 0.259. The molecule has 3 heterocycles. The van der Waals surface area contributed by atoms with E-state index in [1.54, 1.807) is 11.3 Å². The highest BCUT2D eigenvalue weighted by Gasteiger charge is 2.34. The second kappa shape index (κ2) is 6.80. The van der Waals surface area contributed by atoms with Crippen LogP contribution in [0.2, 0.25) is 0 Å². The van der Waals surface area contributed by atoms with Crippen molar-refractivity contribution in [2.45, 2.75) is 48.9 Å². The van der Waals surface area contributed by atoms with Gasteiger partial charge in [0.25, 0.3) is 0 Å². The van der Waals surface area contributed by atoms with Crippen molar-refractivity contribution in [1.29, 1.82) is 0 Å². The van der Waals surface area contributed by atoms with E-state index in [1.807, 2.05) is 17.3 Å². The fourth-order valence-corrected chi connectivity index (χ4v) is 6.19. The largest absolute Gasteiger partial charge is 0.370 e. The Bertz CT molecular complexity index is 983. The van der Waals surface area contributed by atoms with Crippen molar-refractivity contribution in [3.05, 3.63) is 41.9 Å². The van der Waals surface area contributed by atoms with Gasteiger partial charge in [-0.15, -0.1) is 11.3 Å². The zero-order valence-corrected chi connectivity index (χ0v) is 17.5. The van der Waals surface area contributed by atoms with E-state index in [0.717, 1.165) is 11.6 Å². The van der Waals surface area contributed by atoms with E-state index >= 15 is 0 Å². The summed E-state index contributed by atoms with van der Waals surface area (Å²) in [6.07, 6.45) is 3.87. The number of thiazole rings is 1. The van der Waals surface area contributed by atoms with Crippen molar-refractivity contribution in [1.82, 2.24) is 9.88 Å². The van der Waals surface area contributed by atoms with Crippen LogP contribution in [0.1, 0.15) is 33.1 Å². The van der Waals surface area contributed by atoms with Gasteiger partial charge in [0.2, 0.25) is 0 Å². The average molecular weight is 396 g/mol. The molecule has 2 aliphatic heterocycles. The Hall–Kier alpha value is -1.56. The molecular weight excluding hydrogens is 370 g/mol. The first-order chi connectivity index (χ1) is 13.1. The van der Waals surface area contributed by atoms with E-state index in [-0.39, 0.29) is 4.87 Å². The molecule has 1 saturated heterocycles. The van der Waals surface area contributed by atoms with Gasteiger partial charge in [-0.1, -0.05) is 23.9 Å². The quantitative estimate of drug-likeness (QED) is 0.580. The molecule has 0 saturated carbocycles. The van der Waals surface area contributed by atoms with Gasteiger partial charge >= 0.3 is 0 Å². The third-order valence-corrected chi connectivity index (χ3v) is 8.07. The lowest BCUT2D eigenvalue weighted by Crippen LogP contribution is -2.35. The third-order valence-electron chi connectivity index (χ3n) is 5.95. The van der Waals surface area contributed by atoms with Crippen LogP contribution in [0.15, 0.2) is 46.8 Å². The van der Waals surface area contributed by atoms with Gasteiger partial charge in [0.1, 0.15) is 0 Å². The molecule has 2 atom stereocenters. The third kappa shape index (κ3) is 3.37. The summed E-state index contributed by atoms with van der Waals surface area (Å²) in [5, 5.41) is 3.82. The molecule has 0 aliphatic carbocycles. The van der Waals surface area contributed by atoms with Crippen LogP contribution < -0.4 is 5.32 Å². The molecule has 5 rings (SSSR count). The fraction of sp³-hybridized carbons (Fsp3) is 0.409. The molecule has 0 bridgehead atoms. The molecule has 1 fully saturated rings. The van der Waals surface area contributed by atoms with Crippen LogP contribution in [-0.2, 0) is 0 Å². The van der Waals surface area contributed by atoms with Gasteiger partial charge in [0.15, 0.2) is 0 Å². The summed E-state index contributed by atoms with van der Waals surface area (Å²) in [5.74, 6) is 0. The van der Waals surface area contributed by atoms with Crippen LogP contribution in [0, 0.1) is 0 Å². The van der Waals surface area contributed by atoms with Crippen molar-refractivity contribution in [2.75, 3.05) is 18.4 Å². The first kappa shape index (κ1) is 17.5. The van der Waals surface area contributed by atoms with E-state index in [9.17, 15) is 0 Å². The fourth-order valence-electron chi connectivity index (χ4n) is 4.28. The van der Waals surface area contributed by atoms with Crippen LogP contribution in [0.3, 0.4) is 0 Å². The van der Waals surface area contributed by atoms with Crippen molar-refractivity contribution >= 4 is 39.0 Å². The summed E-state index contributed by atoms with van der Waals surface area (Å²) in [6.45, 7) is 7.16. The molecule has 1 unspecified atom stereocenters. The number of anilines is 1. The van der Waals surface area contributed by atoms with Crippen LogP contribution in [0.4, 0.5) is 5.69 Å². The Morgan fingerprint density at radius 2 is 2.07 bits per heavy atom. The molecule has 2 aliphatic rings. The SMILES string of the molecule is C[C@@H]1CCCN1CCC1(C)Nc2cc(-c3ccc4ncsc4c3)ccc2S1. The number of benzene rings is 2. The minimum Gasteiger partial charge on any atom is -0.370 e. The standard InChI is InChI=1S/C22H25N3S2/c1-15-4-3-10-25(15)11-9-22(2)24-19-12-16(6-8-20(19)27-22)17-5-7-18-21(13-17)26-14-23-18/h5-8,12-15,24H,3-4,9-11H2,1-2H3/t15-,22?/m1/s1. The van der Waals surface area contributed by atoms with E-state index in [2.05, 4.69) is 65.4 Å². The Balaban J connectivity index is 1.34. The molecule has 3 aromatic rings. The number of nitrogens with zero attached hydrogens (tertiary/aromatic N) is 2. The van der Waals surface area contributed by atoms with Gasteiger partial charge < -0.3 is 10.2 Å². The van der Waals surface area contributed by atoms with Crippen molar-refractivity contribution < 1.29 is 0 Å². The van der Waals surface area contributed by atoms with Gasteiger partial charge in [-0.2, -0.15) is 0 Å². The number of thioether (sulfide) groups is 1. The number of nitrogens with one attached hydrogen (secondary N) is 1. The Kier molecular flexibility index (Phi) is 4.42. The number of aromatic nitrogens is 1. The topological polar surface area (TPSA) is 28.2 Å². The molecule has 0 amide bonds. The molecule has 0 spiro atoms. The summed E-state index contributed by atoms with van der Waals surface area (Å²) in [5.41, 5.74) is 6.82. The van der Waals surface area contributed by atoms with E-state index < -0.39 is 0 Å². The number of hydrogen-bond acceptors (Lipinski definition) is 5. The molecule has 1 N–H and O–H groups in total. The predicted octanol–water partition coefficient (Wildman–Crippen LogP) is 6.07. The van der Waals surface area contributed by atoms with Crippen LogP contribution >= 0.6 is 23.1 Å². The van der Waals surface area contributed by atoms with E-state index in [4.69, 9.17) is 0 Å². The van der Waals surface area contributed by atoms with Gasteiger partial charge in [-0.05, 0) is 75.0 Å². The van der Waals surface area contributed by atoms with E-state index in [1.165, 1.54) is 58.8 Å². The maximum atomic E-state index is 4.39. The maximum Gasteiger partial charge on any atom is 0.0864 e. The smallest absolute Gasteiger partial charge is 0.0864 e. The normalized spacial score (nSPS) is 25.0. The van der Waals surface area contributed by atoms with E-state index in [0.29, 0.717) is 0 Å². The maximum absolute atomic E-state index is 4.39. The monoisotopic (exact) mass is 395 g/mol. The number of fused-ring (bicyclic) bond motifs is 2. The predicted molar refractivity (Wildman–Crippen MR) is 118 cm³/mol. The zero-order valence-electron chi connectivity index (χ0n) is 15.9. The minimum atomic E-state index is 0.0882. The Labute approximate surface area is 169 Å². The van der Waals surface area contributed by atoms with Gasteiger partial charge in [-0.3, -0.25) is 0 Å². The average Bonchev–Trinajstić information content (AvgIpc) is 3.36. The Morgan fingerprint density at radius 1 is 1.22 bits per heavy atom. The van der Waals surface area contributed by atoms with Crippen molar-refractivity contribution in [3.8, 4) is 11.1 Å². The van der Waals surface area contributed by atoms with Gasteiger partial charge in [-0.25, -0.2) is 4.98 Å². The number of hydrogen-bond donors (Lipinski definition) is 1. The molecule has 140 valence electrons. The molecule has 0 radical (unpaired) electrons. The number of likely N-dealkylation sites (tertiary alicyclic amines) is 1. The molecule has 3 nitrogen and oxygen atoms in total. The first-order valence-corrected chi connectivity index (χ1v) is 11.5. The summed E-state index contributed by atoms with van der Waals surface area (Å²) in [7, 11) is 0. The molecule has 2 aromatic carbocycles. The summed E-state index contributed by atoms with van der Waals surface area (Å²) < 4.78 is 1.25. The van der Waals surface area contributed by atoms with Crippen molar-refractivity contribution in [3.63, 3.8) is 0 Å². The van der Waals surface area contributed by atoms with Crippen molar-refractivity contribution in [2.24, 2.45) is 0 Å². The lowest BCUT2D eigenvalue weighted by Gasteiger charge is -2.29. The molecule has 27 heavy (non-hydrogen) atoms. The van der Waals surface area contributed by atoms with Crippen LogP contribution in [-0.4, -0.2) is 33.9 Å². The van der Waals surface area contributed by atoms with Crippen LogP contribution in [0.25, 0.3) is 21.3 Å². The number of rotatable bonds is 4.